The van der Waals surface area contributed by atoms with Gasteiger partial charge < -0.3 is 4.84 Å². The molecule has 0 radical (unpaired) electrons. The summed E-state index contributed by atoms with van der Waals surface area (Å²) in [4.78, 5) is 16.1. The Kier molecular flexibility index (Phi) is 3.08. The number of hydrogen-bond acceptors (Lipinski definition) is 3. The van der Waals surface area contributed by atoms with Crippen LogP contribution in [0, 0.1) is 0 Å². The standard InChI is InChI=1S/C12H14BNO2/c1-8(13)12(15)16-14-11-6-9-4-2-3-5-10(9)7-11/h2-5,8H,6-7,13H2,1H3. The van der Waals surface area contributed by atoms with Gasteiger partial charge in [0.15, 0.2) is 0 Å². The Labute approximate surface area is 95.9 Å². The zero-order valence-electron chi connectivity index (χ0n) is 9.56. The summed E-state index contributed by atoms with van der Waals surface area (Å²) in [5.74, 6) is -0.406. The summed E-state index contributed by atoms with van der Waals surface area (Å²) in [5, 5.41) is 3.93. The molecule has 0 fully saturated rings. The molecule has 0 spiro atoms. The van der Waals surface area contributed by atoms with Crippen molar-refractivity contribution < 1.29 is 9.63 Å². The van der Waals surface area contributed by atoms with Crippen molar-refractivity contribution in [2.45, 2.75) is 25.6 Å². The van der Waals surface area contributed by atoms with Gasteiger partial charge in [-0.25, -0.2) is 0 Å². The summed E-state index contributed by atoms with van der Waals surface area (Å²) in [6.45, 7) is 1.80. The van der Waals surface area contributed by atoms with E-state index >= 15 is 0 Å². The van der Waals surface area contributed by atoms with Gasteiger partial charge in [-0.3, -0.25) is 4.79 Å². The maximum Gasteiger partial charge on any atom is 0.329 e. The Morgan fingerprint density at radius 3 is 2.44 bits per heavy atom. The minimum atomic E-state index is -0.275. The number of rotatable bonds is 2. The van der Waals surface area contributed by atoms with Crippen LogP contribution in [0.2, 0.25) is 5.82 Å². The van der Waals surface area contributed by atoms with Crippen molar-refractivity contribution in [3.63, 3.8) is 0 Å². The molecule has 82 valence electrons. The van der Waals surface area contributed by atoms with Gasteiger partial charge in [0, 0.05) is 18.7 Å². The van der Waals surface area contributed by atoms with Crippen molar-refractivity contribution in [3.8, 4) is 0 Å². The highest BCUT2D eigenvalue weighted by atomic mass is 16.7. The van der Waals surface area contributed by atoms with E-state index in [9.17, 15) is 4.79 Å². The molecule has 2 rings (SSSR count). The first-order chi connectivity index (χ1) is 7.66. The number of fused-ring (bicyclic) bond motifs is 1. The Morgan fingerprint density at radius 1 is 1.38 bits per heavy atom. The monoisotopic (exact) mass is 215 g/mol. The van der Waals surface area contributed by atoms with E-state index in [4.69, 9.17) is 4.84 Å². The quantitative estimate of drug-likeness (QED) is 0.421. The van der Waals surface area contributed by atoms with Crippen LogP contribution in [0.25, 0.3) is 0 Å². The number of carbonyl (C=O) groups is 1. The third-order valence-corrected chi connectivity index (χ3v) is 2.64. The minimum absolute atomic E-state index is 0.131. The van der Waals surface area contributed by atoms with Crippen molar-refractivity contribution in [2.75, 3.05) is 0 Å². The van der Waals surface area contributed by atoms with Crippen LogP contribution in [-0.4, -0.2) is 19.5 Å². The Hall–Kier alpha value is -1.58. The second kappa shape index (κ2) is 4.52. The van der Waals surface area contributed by atoms with Crippen LogP contribution in [0.3, 0.4) is 0 Å². The number of hydrogen-bond donors (Lipinski definition) is 0. The molecule has 0 heterocycles. The third-order valence-electron chi connectivity index (χ3n) is 2.64. The van der Waals surface area contributed by atoms with E-state index in [1.165, 1.54) is 11.1 Å². The molecule has 1 aromatic rings. The first-order valence-corrected chi connectivity index (χ1v) is 5.50. The van der Waals surface area contributed by atoms with Crippen LogP contribution < -0.4 is 0 Å². The number of benzene rings is 1. The minimum Gasteiger partial charge on any atom is -0.319 e. The number of nitrogens with zero attached hydrogens (tertiary/aromatic N) is 1. The van der Waals surface area contributed by atoms with E-state index < -0.39 is 0 Å². The van der Waals surface area contributed by atoms with Gasteiger partial charge in [0.25, 0.3) is 0 Å². The molecule has 1 aliphatic carbocycles. The fourth-order valence-electron chi connectivity index (χ4n) is 1.68. The predicted octanol–water partition coefficient (Wildman–Crippen LogP) is 1.13. The van der Waals surface area contributed by atoms with E-state index in [0.29, 0.717) is 0 Å². The maximum atomic E-state index is 11.2. The normalized spacial score (nSPS) is 15.4. The van der Waals surface area contributed by atoms with E-state index in [0.717, 1.165) is 18.6 Å². The summed E-state index contributed by atoms with van der Waals surface area (Å²) in [6.07, 6.45) is 1.59. The fraction of sp³-hybridized carbons (Fsp3) is 0.333. The summed E-state index contributed by atoms with van der Waals surface area (Å²) >= 11 is 0. The highest BCUT2D eigenvalue weighted by molar-refractivity contribution is 6.22. The molecule has 1 unspecified atom stereocenters. The van der Waals surface area contributed by atoms with Crippen molar-refractivity contribution in [1.29, 1.82) is 0 Å². The van der Waals surface area contributed by atoms with Gasteiger partial charge in [-0.2, -0.15) is 0 Å². The zero-order chi connectivity index (χ0) is 11.5. The molecule has 0 saturated carbocycles. The number of carbonyl (C=O) groups excluding carboxylic acids is 1. The average Bonchev–Trinajstić information content (AvgIpc) is 2.68. The van der Waals surface area contributed by atoms with Gasteiger partial charge in [-0.05, 0) is 11.1 Å². The van der Waals surface area contributed by atoms with Crippen LogP contribution in [-0.2, 0) is 22.5 Å². The molecule has 0 aromatic heterocycles. The fourth-order valence-corrected chi connectivity index (χ4v) is 1.68. The summed E-state index contributed by atoms with van der Waals surface area (Å²) in [7, 11) is 1.80. The molecule has 1 atom stereocenters. The second-order valence-corrected chi connectivity index (χ2v) is 4.34. The second-order valence-electron chi connectivity index (χ2n) is 4.34. The lowest BCUT2D eigenvalue weighted by atomic mass is 9.90. The lowest BCUT2D eigenvalue weighted by Gasteiger charge is -2.00. The summed E-state index contributed by atoms with van der Waals surface area (Å²) in [5.41, 5.74) is 3.49. The van der Waals surface area contributed by atoms with Crippen LogP contribution >= 0.6 is 0 Å². The Balaban J connectivity index is 2.01. The third kappa shape index (κ3) is 2.32. The molecule has 16 heavy (non-hydrogen) atoms. The van der Waals surface area contributed by atoms with Crippen LogP contribution in [0.5, 0.6) is 0 Å². The highest BCUT2D eigenvalue weighted by Crippen LogP contribution is 2.19. The molecule has 3 nitrogen and oxygen atoms in total. The first-order valence-electron chi connectivity index (χ1n) is 5.50. The van der Waals surface area contributed by atoms with Crippen LogP contribution in [0.15, 0.2) is 29.4 Å². The van der Waals surface area contributed by atoms with Crippen molar-refractivity contribution in [2.24, 2.45) is 5.16 Å². The first kappa shape index (κ1) is 10.9. The topological polar surface area (TPSA) is 38.7 Å². The average molecular weight is 215 g/mol. The van der Waals surface area contributed by atoms with Crippen molar-refractivity contribution in [3.05, 3.63) is 35.4 Å². The SMILES string of the molecule is BC(C)C(=O)ON=C1Cc2ccccc2C1. The summed E-state index contributed by atoms with van der Waals surface area (Å²) < 4.78 is 0. The Bertz CT molecular complexity index is 413. The van der Waals surface area contributed by atoms with E-state index in [2.05, 4.69) is 17.3 Å². The molecule has 0 aliphatic heterocycles. The molecule has 0 bridgehead atoms. The summed E-state index contributed by atoms with van der Waals surface area (Å²) in [6, 6.07) is 8.20. The van der Waals surface area contributed by atoms with Gasteiger partial charge in [-0.15, -0.1) is 0 Å². The zero-order valence-corrected chi connectivity index (χ0v) is 9.56. The maximum absolute atomic E-state index is 11.2. The van der Waals surface area contributed by atoms with E-state index in [1.54, 1.807) is 14.8 Å². The number of oxime groups is 1. The van der Waals surface area contributed by atoms with Gasteiger partial charge in [-0.1, -0.05) is 36.3 Å². The smallest absolute Gasteiger partial charge is 0.319 e. The van der Waals surface area contributed by atoms with Crippen molar-refractivity contribution >= 4 is 19.5 Å². The Morgan fingerprint density at radius 2 is 1.94 bits per heavy atom. The molecule has 0 N–H and O–H groups in total. The molecule has 0 saturated heterocycles. The van der Waals surface area contributed by atoms with Crippen molar-refractivity contribution in [1.82, 2.24) is 0 Å². The molecule has 1 aromatic carbocycles. The van der Waals surface area contributed by atoms with E-state index in [-0.39, 0.29) is 11.8 Å². The van der Waals surface area contributed by atoms with Gasteiger partial charge in [0.2, 0.25) is 0 Å². The molecular weight excluding hydrogens is 201 g/mol. The largest absolute Gasteiger partial charge is 0.329 e. The molecule has 1 aliphatic rings. The van der Waals surface area contributed by atoms with Crippen LogP contribution in [0.1, 0.15) is 18.1 Å². The van der Waals surface area contributed by atoms with E-state index in [1.807, 2.05) is 12.1 Å². The molecule has 4 heteroatoms. The highest BCUT2D eigenvalue weighted by Gasteiger charge is 2.17. The lowest BCUT2D eigenvalue weighted by Crippen LogP contribution is -2.08. The molecular formula is C12H14BNO2. The lowest BCUT2D eigenvalue weighted by molar-refractivity contribution is -0.143. The van der Waals surface area contributed by atoms with Crippen LogP contribution in [0.4, 0.5) is 0 Å². The predicted molar refractivity (Wildman–Crippen MR) is 65.3 cm³/mol. The molecule has 0 amide bonds. The van der Waals surface area contributed by atoms with Gasteiger partial charge >= 0.3 is 5.97 Å². The van der Waals surface area contributed by atoms with Gasteiger partial charge in [0.05, 0.1) is 5.71 Å². The van der Waals surface area contributed by atoms with Gasteiger partial charge in [0.1, 0.15) is 7.85 Å².